The lowest BCUT2D eigenvalue weighted by atomic mass is 9.90. The van der Waals surface area contributed by atoms with Gasteiger partial charge in [0.2, 0.25) is 5.91 Å². The van der Waals surface area contributed by atoms with E-state index in [1.165, 1.54) is 0 Å². The van der Waals surface area contributed by atoms with Gasteiger partial charge in [-0.25, -0.2) is 0 Å². The van der Waals surface area contributed by atoms with Gasteiger partial charge < -0.3 is 19.9 Å². The first-order valence-electron chi connectivity index (χ1n) is 12.1. The summed E-state index contributed by atoms with van der Waals surface area (Å²) in [6.07, 6.45) is 4.34. The molecule has 0 saturated carbocycles. The third-order valence-corrected chi connectivity index (χ3v) is 7.30. The van der Waals surface area contributed by atoms with Gasteiger partial charge in [-0.3, -0.25) is 14.5 Å². The number of carbonyl (C=O) groups is 2. The maximum absolute atomic E-state index is 13.2. The normalized spacial score (nSPS) is 23.0. The zero-order valence-electron chi connectivity index (χ0n) is 20.8. The van der Waals surface area contributed by atoms with E-state index in [4.69, 9.17) is 4.74 Å². The Morgan fingerprint density at radius 1 is 1.15 bits per heavy atom. The molecule has 2 aliphatic heterocycles. The van der Waals surface area contributed by atoms with Crippen LogP contribution in [0.4, 0.5) is 0 Å². The number of rotatable bonds is 6. The Bertz CT molecular complexity index is 1040. The quantitative estimate of drug-likeness (QED) is 0.702. The van der Waals surface area contributed by atoms with Crippen molar-refractivity contribution in [3.05, 3.63) is 29.5 Å². The number of hydrogen-bond acceptors (Lipinski definition) is 4. The predicted octanol–water partition coefficient (Wildman–Crippen LogP) is 3.38. The number of fused-ring (bicyclic) bond motifs is 3. The molecule has 7 nitrogen and oxygen atoms in total. The molecule has 1 aromatic carbocycles. The number of aryl methyl sites for hydroxylation is 1. The van der Waals surface area contributed by atoms with E-state index in [9.17, 15) is 9.59 Å². The second-order valence-corrected chi connectivity index (χ2v) is 10.8. The predicted molar refractivity (Wildman–Crippen MR) is 131 cm³/mol. The summed E-state index contributed by atoms with van der Waals surface area (Å²) in [7, 11) is 3.63. The summed E-state index contributed by atoms with van der Waals surface area (Å²) in [5.74, 6) is 1.28. The van der Waals surface area contributed by atoms with E-state index in [0.717, 1.165) is 53.6 Å². The van der Waals surface area contributed by atoms with Crippen molar-refractivity contribution in [2.45, 2.75) is 71.0 Å². The van der Waals surface area contributed by atoms with Crippen LogP contribution in [0.2, 0.25) is 0 Å². The van der Waals surface area contributed by atoms with Crippen molar-refractivity contribution in [1.82, 2.24) is 20.1 Å². The third-order valence-electron chi connectivity index (χ3n) is 7.30. The van der Waals surface area contributed by atoms with Gasteiger partial charge in [0.15, 0.2) is 0 Å². The van der Waals surface area contributed by atoms with Gasteiger partial charge >= 0.3 is 0 Å². The van der Waals surface area contributed by atoms with Gasteiger partial charge in [0.25, 0.3) is 5.91 Å². The summed E-state index contributed by atoms with van der Waals surface area (Å²) >= 11 is 0. The Hall–Kier alpha value is -2.54. The number of carbonyl (C=O) groups excluding carboxylic acids is 2. The summed E-state index contributed by atoms with van der Waals surface area (Å²) in [6, 6.07) is 6.73. The molecule has 3 atom stereocenters. The Morgan fingerprint density at radius 2 is 1.82 bits per heavy atom. The van der Waals surface area contributed by atoms with Gasteiger partial charge in [-0.05, 0) is 77.5 Å². The van der Waals surface area contributed by atoms with Crippen LogP contribution >= 0.6 is 0 Å². The van der Waals surface area contributed by atoms with Gasteiger partial charge in [0.1, 0.15) is 5.75 Å². The van der Waals surface area contributed by atoms with Crippen LogP contribution < -0.4 is 15.4 Å². The van der Waals surface area contributed by atoms with Crippen LogP contribution in [0.5, 0.6) is 5.75 Å². The van der Waals surface area contributed by atoms with Gasteiger partial charge in [-0.1, -0.05) is 0 Å². The first-order valence-corrected chi connectivity index (χ1v) is 12.1. The second-order valence-electron chi connectivity index (χ2n) is 10.8. The lowest BCUT2D eigenvalue weighted by Gasteiger charge is -2.39. The molecule has 2 N–H and O–H groups in total. The number of ether oxygens (including phenoxy) is 1. The van der Waals surface area contributed by atoms with Gasteiger partial charge in [0.05, 0.1) is 19.2 Å². The molecule has 2 fully saturated rings. The van der Waals surface area contributed by atoms with Crippen molar-refractivity contribution >= 4 is 22.7 Å². The molecule has 1 unspecified atom stereocenters. The highest BCUT2D eigenvalue weighted by atomic mass is 16.5. The number of methoxy groups -OCH3 is 1. The number of benzene rings is 1. The molecular formula is C26H38N4O3. The number of nitrogens with zero attached hydrogens (tertiary/aromatic N) is 2. The van der Waals surface area contributed by atoms with Crippen molar-refractivity contribution in [3.8, 4) is 5.75 Å². The minimum absolute atomic E-state index is 0.0225. The fraction of sp³-hybridized carbons (Fsp3) is 0.615. The van der Waals surface area contributed by atoms with E-state index >= 15 is 0 Å². The molecule has 7 heteroatoms. The number of aromatic nitrogens is 1. The molecule has 2 bridgehead atoms. The number of nitrogens with one attached hydrogen (secondary N) is 2. The summed E-state index contributed by atoms with van der Waals surface area (Å²) in [5, 5.41) is 7.23. The van der Waals surface area contributed by atoms with Crippen molar-refractivity contribution in [1.29, 1.82) is 0 Å². The zero-order chi connectivity index (χ0) is 23.9. The van der Waals surface area contributed by atoms with Crippen LogP contribution in [0.25, 0.3) is 10.9 Å². The standard InChI is InChI=1S/C26H38N4O3/c1-16-24(21-13-20(33-6)9-10-22(21)29(16)5)25(32)27-14-17-11-18-7-8-19(12-17)30(18)15-23(31)28-26(2,3)4/h9-10,13,17-19H,7-8,11-12,14-15H2,1-6H3,(H,27,32)(H,28,31)/t17?,18-,19+. The van der Waals surface area contributed by atoms with Crippen LogP contribution in [0, 0.1) is 12.8 Å². The molecule has 0 aliphatic carbocycles. The fourth-order valence-electron chi connectivity index (χ4n) is 5.73. The first-order chi connectivity index (χ1) is 15.6. The Morgan fingerprint density at radius 3 is 2.42 bits per heavy atom. The second kappa shape index (κ2) is 9.01. The fourth-order valence-corrected chi connectivity index (χ4v) is 5.73. The highest BCUT2D eigenvalue weighted by molar-refractivity contribution is 6.08. The summed E-state index contributed by atoms with van der Waals surface area (Å²) in [4.78, 5) is 28.1. The minimum atomic E-state index is -0.206. The van der Waals surface area contributed by atoms with E-state index in [1.807, 2.05) is 52.9 Å². The average molecular weight is 455 g/mol. The lowest BCUT2D eigenvalue weighted by Crippen LogP contribution is -2.52. The molecule has 0 spiro atoms. The maximum atomic E-state index is 13.2. The zero-order valence-corrected chi connectivity index (χ0v) is 20.8. The van der Waals surface area contributed by atoms with Crippen molar-refractivity contribution in [2.75, 3.05) is 20.2 Å². The Balaban J connectivity index is 1.39. The molecule has 0 radical (unpaired) electrons. The highest BCUT2D eigenvalue weighted by Gasteiger charge is 2.41. The van der Waals surface area contributed by atoms with Gasteiger partial charge in [-0.2, -0.15) is 0 Å². The van der Waals surface area contributed by atoms with E-state index in [2.05, 4.69) is 20.1 Å². The smallest absolute Gasteiger partial charge is 0.253 e. The van der Waals surface area contributed by atoms with E-state index in [0.29, 0.717) is 31.1 Å². The van der Waals surface area contributed by atoms with Crippen molar-refractivity contribution in [3.63, 3.8) is 0 Å². The molecule has 33 heavy (non-hydrogen) atoms. The largest absolute Gasteiger partial charge is 0.497 e. The maximum Gasteiger partial charge on any atom is 0.253 e. The first kappa shape index (κ1) is 23.6. The SMILES string of the molecule is COc1ccc2c(c1)c(C(=O)NCC1C[C@H]3CC[C@@H](C1)N3CC(=O)NC(C)(C)C)c(C)n2C. The number of amides is 2. The lowest BCUT2D eigenvalue weighted by molar-refractivity contribution is -0.125. The molecule has 2 saturated heterocycles. The average Bonchev–Trinajstić information content (AvgIpc) is 3.11. The van der Waals surface area contributed by atoms with Crippen LogP contribution in [-0.2, 0) is 11.8 Å². The van der Waals surface area contributed by atoms with Crippen LogP contribution in [0.1, 0.15) is 62.5 Å². The molecule has 2 aliphatic rings. The van der Waals surface area contributed by atoms with Gasteiger partial charge in [-0.15, -0.1) is 0 Å². The molecule has 1 aromatic heterocycles. The van der Waals surface area contributed by atoms with E-state index < -0.39 is 0 Å². The molecule has 2 aromatic rings. The highest BCUT2D eigenvalue weighted by Crippen LogP contribution is 2.38. The Kier molecular flexibility index (Phi) is 6.45. The monoisotopic (exact) mass is 454 g/mol. The number of piperidine rings is 1. The van der Waals surface area contributed by atoms with Crippen LogP contribution in [-0.4, -0.2) is 59.1 Å². The van der Waals surface area contributed by atoms with Gasteiger partial charge in [0, 0.05) is 47.8 Å². The summed E-state index contributed by atoms with van der Waals surface area (Å²) in [6.45, 7) is 9.19. The molecular weight excluding hydrogens is 416 g/mol. The van der Waals surface area contributed by atoms with E-state index in [1.54, 1.807) is 7.11 Å². The summed E-state index contributed by atoms with van der Waals surface area (Å²) in [5.41, 5.74) is 2.50. The minimum Gasteiger partial charge on any atom is -0.497 e. The third kappa shape index (κ3) is 4.88. The Labute approximate surface area is 196 Å². The summed E-state index contributed by atoms with van der Waals surface area (Å²) < 4.78 is 7.44. The van der Waals surface area contributed by atoms with Crippen molar-refractivity contribution in [2.24, 2.45) is 13.0 Å². The molecule has 180 valence electrons. The molecule has 4 rings (SSSR count). The van der Waals surface area contributed by atoms with Crippen LogP contribution in [0.15, 0.2) is 18.2 Å². The van der Waals surface area contributed by atoms with E-state index in [-0.39, 0.29) is 17.4 Å². The molecule has 3 heterocycles. The molecule has 2 amide bonds. The topological polar surface area (TPSA) is 75.6 Å². The number of hydrogen-bond donors (Lipinski definition) is 2. The van der Waals surface area contributed by atoms with Crippen LogP contribution in [0.3, 0.4) is 0 Å². The van der Waals surface area contributed by atoms with Crippen molar-refractivity contribution < 1.29 is 14.3 Å².